The second-order valence-corrected chi connectivity index (χ2v) is 12.9. The lowest BCUT2D eigenvalue weighted by Gasteiger charge is -2.12. The summed E-state index contributed by atoms with van der Waals surface area (Å²) in [5, 5.41) is 21.7. The number of nitrogens with zero attached hydrogens (tertiary/aromatic N) is 1. The summed E-state index contributed by atoms with van der Waals surface area (Å²) in [4.78, 5) is 53.2. The van der Waals surface area contributed by atoms with Crippen molar-refractivity contribution < 1.29 is 19.2 Å². The molecule has 0 aliphatic heterocycles. The Kier molecular flexibility index (Phi) is 11.6. The zero-order valence-corrected chi connectivity index (χ0v) is 28.3. The van der Waals surface area contributed by atoms with Crippen molar-refractivity contribution in [2.75, 3.05) is 21.7 Å². The number of para-hydroxylation sites is 1. The van der Waals surface area contributed by atoms with Gasteiger partial charge in [0.25, 0.3) is 17.7 Å². The Hall–Kier alpha value is -5.67. The fourth-order valence-corrected chi connectivity index (χ4v) is 6.45. The van der Waals surface area contributed by atoms with Crippen LogP contribution in [0.2, 0.25) is 5.02 Å². The first-order valence-corrected chi connectivity index (χ1v) is 17.0. The summed E-state index contributed by atoms with van der Waals surface area (Å²) in [6, 6.07) is 33.3. The Morgan fingerprint density at radius 2 is 1.49 bits per heavy atom. The Morgan fingerprint density at radius 3 is 2.18 bits per heavy atom. The monoisotopic (exact) mass is 705 g/mol. The van der Waals surface area contributed by atoms with E-state index < -0.39 is 11.8 Å². The molecule has 0 saturated carbocycles. The smallest absolute Gasteiger partial charge is 0.272 e. The van der Waals surface area contributed by atoms with E-state index in [9.17, 15) is 24.4 Å². The van der Waals surface area contributed by atoms with Crippen LogP contribution in [0.4, 0.5) is 16.4 Å². The summed E-state index contributed by atoms with van der Waals surface area (Å²) in [5.41, 5.74) is 2.84. The van der Waals surface area contributed by atoms with E-state index in [1.54, 1.807) is 116 Å². The van der Waals surface area contributed by atoms with Crippen LogP contribution in [-0.2, 0) is 9.59 Å². The Balaban J connectivity index is 1.24. The van der Waals surface area contributed by atoms with Gasteiger partial charge in [0.15, 0.2) is 0 Å². The third kappa shape index (κ3) is 9.46. The number of carbonyl (C=O) groups excluding carboxylic acids is 4. The molecule has 0 fully saturated rings. The van der Waals surface area contributed by atoms with Crippen LogP contribution in [0.15, 0.2) is 120 Å². The molecule has 4 aromatic carbocycles. The number of hydrogen-bond acceptors (Lipinski definition) is 7. The summed E-state index contributed by atoms with van der Waals surface area (Å²) < 4.78 is 0. The quantitative estimate of drug-likeness (QED) is 0.0812. The fraction of sp³-hybridized carbons (Fsp3) is 0.0541. The second-order valence-electron chi connectivity index (χ2n) is 10.4. The molecule has 0 saturated heterocycles. The van der Waals surface area contributed by atoms with Gasteiger partial charge in [-0.3, -0.25) is 19.2 Å². The highest BCUT2D eigenvalue weighted by Gasteiger charge is 2.22. The Labute approximate surface area is 296 Å². The minimum absolute atomic E-state index is 0.000383. The predicted molar refractivity (Wildman–Crippen MR) is 196 cm³/mol. The molecule has 4 amide bonds. The first kappa shape index (κ1) is 34.7. The zero-order valence-electron chi connectivity index (χ0n) is 26.0. The molecule has 4 N–H and O–H groups in total. The van der Waals surface area contributed by atoms with E-state index in [-0.39, 0.29) is 28.8 Å². The van der Waals surface area contributed by atoms with Crippen molar-refractivity contribution in [1.82, 2.24) is 5.32 Å². The van der Waals surface area contributed by atoms with E-state index in [4.69, 9.17) is 11.6 Å². The molecule has 1 heterocycles. The first-order valence-electron chi connectivity index (χ1n) is 14.8. The van der Waals surface area contributed by atoms with E-state index in [0.29, 0.717) is 47.9 Å². The molecule has 5 rings (SSSR count). The lowest BCUT2D eigenvalue weighted by atomic mass is 10.1. The molecule has 0 aliphatic carbocycles. The van der Waals surface area contributed by atoms with Crippen LogP contribution in [0, 0.1) is 18.3 Å². The van der Waals surface area contributed by atoms with Crippen LogP contribution in [0.1, 0.15) is 36.7 Å². The maximum absolute atomic E-state index is 13.4. The van der Waals surface area contributed by atoms with Gasteiger partial charge < -0.3 is 21.3 Å². The standard InChI is InChI=1S/C37H28ClN5O4S2/c1-23-30(21-39)37(49-33(23)36(47)40-27-11-6-3-7-12-27)43-32(44)22-48-29-14-8-13-28(20-29)41-35(46)31(19-24-15-17-26(38)18-16-24)42-34(45)25-9-4-2-5-10-25/h2-20H,22H2,1H3,(H,40,47)(H,41,46)(H,42,45)(H,43,44)/b31-19+. The van der Waals surface area contributed by atoms with Crippen LogP contribution >= 0.6 is 34.7 Å². The van der Waals surface area contributed by atoms with Crippen LogP contribution < -0.4 is 21.3 Å². The van der Waals surface area contributed by atoms with Gasteiger partial charge in [-0.1, -0.05) is 66.2 Å². The number of hydrogen-bond donors (Lipinski definition) is 4. The molecule has 0 bridgehead atoms. The highest BCUT2D eigenvalue weighted by Crippen LogP contribution is 2.33. The zero-order chi connectivity index (χ0) is 34.8. The summed E-state index contributed by atoms with van der Waals surface area (Å²) in [6.07, 6.45) is 1.55. The highest BCUT2D eigenvalue weighted by atomic mass is 35.5. The summed E-state index contributed by atoms with van der Waals surface area (Å²) >= 11 is 8.28. The van der Waals surface area contributed by atoms with Gasteiger partial charge >= 0.3 is 0 Å². The van der Waals surface area contributed by atoms with Gasteiger partial charge in [-0.25, -0.2) is 0 Å². The van der Waals surface area contributed by atoms with Crippen molar-refractivity contribution >= 4 is 80.8 Å². The Bertz CT molecular complexity index is 2080. The molecular weight excluding hydrogens is 678 g/mol. The van der Waals surface area contributed by atoms with Gasteiger partial charge in [-0.05, 0) is 78.7 Å². The first-order chi connectivity index (χ1) is 23.7. The largest absolute Gasteiger partial charge is 0.321 e. The van der Waals surface area contributed by atoms with Crippen LogP contribution in [0.3, 0.4) is 0 Å². The van der Waals surface area contributed by atoms with E-state index in [1.165, 1.54) is 11.8 Å². The number of anilines is 3. The molecule has 9 nitrogen and oxygen atoms in total. The number of nitrogens with one attached hydrogen (secondary N) is 4. The van der Waals surface area contributed by atoms with Crippen molar-refractivity contribution in [2.45, 2.75) is 11.8 Å². The van der Waals surface area contributed by atoms with Gasteiger partial charge in [0.05, 0.1) is 16.2 Å². The summed E-state index contributed by atoms with van der Waals surface area (Å²) in [7, 11) is 0. The number of benzene rings is 4. The minimum atomic E-state index is -0.552. The van der Waals surface area contributed by atoms with Gasteiger partial charge in [0.2, 0.25) is 5.91 Å². The van der Waals surface area contributed by atoms with Gasteiger partial charge in [-0.2, -0.15) is 5.26 Å². The lowest BCUT2D eigenvalue weighted by molar-refractivity contribution is -0.114. The molecular formula is C37H28ClN5O4S2. The highest BCUT2D eigenvalue weighted by molar-refractivity contribution is 8.00. The third-order valence-electron chi connectivity index (χ3n) is 6.92. The van der Waals surface area contributed by atoms with E-state index >= 15 is 0 Å². The topological polar surface area (TPSA) is 140 Å². The van der Waals surface area contributed by atoms with Crippen molar-refractivity contribution in [3.05, 3.63) is 147 Å². The van der Waals surface area contributed by atoms with E-state index in [0.717, 1.165) is 11.3 Å². The maximum Gasteiger partial charge on any atom is 0.272 e. The van der Waals surface area contributed by atoms with Crippen LogP contribution in [0.5, 0.6) is 0 Å². The van der Waals surface area contributed by atoms with Crippen LogP contribution in [0.25, 0.3) is 6.08 Å². The molecule has 244 valence electrons. The molecule has 12 heteroatoms. The van der Waals surface area contributed by atoms with Crippen molar-refractivity contribution in [3.63, 3.8) is 0 Å². The number of rotatable bonds is 11. The van der Waals surface area contributed by atoms with Gasteiger partial charge in [0, 0.05) is 26.9 Å². The molecule has 5 aromatic rings. The molecule has 0 spiro atoms. The number of thioether (sulfide) groups is 1. The number of nitriles is 1. The Morgan fingerprint density at radius 1 is 0.816 bits per heavy atom. The summed E-state index contributed by atoms with van der Waals surface area (Å²) in [5.74, 6) is -1.74. The fourth-order valence-electron chi connectivity index (χ4n) is 4.50. The molecule has 1 aromatic heterocycles. The molecule has 0 radical (unpaired) electrons. The van der Waals surface area contributed by atoms with Gasteiger partial charge in [-0.15, -0.1) is 23.1 Å². The molecule has 49 heavy (non-hydrogen) atoms. The predicted octanol–water partition coefficient (Wildman–Crippen LogP) is 7.97. The average Bonchev–Trinajstić information content (AvgIpc) is 3.43. The normalized spacial score (nSPS) is 10.8. The second kappa shape index (κ2) is 16.4. The molecule has 0 unspecified atom stereocenters. The molecule has 0 atom stereocenters. The van der Waals surface area contributed by atoms with Crippen molar-refractivity contribution in [3.8, 4) is 6.07 Å². The average molecular weight is 706 g/mol. The lowest BCUT2D eigenvalue weighted by Crippen LogP contribution is -2.30. The van der Waals surface area contributed by atoms with Crippen molar-refractivity contribution in [1.29, 1.82) is 5.26 Å². The number of amides is 4. The third-order valence-corrected chi connectivity index (χ3v) is 9.37. The number of carbonyl (C=O) groups is 4. The summed E-state index contributed by atoms with van der Waals surface area (Å²) in [6.45, 7) is 1.67. The number of thiophene rings is 1. The van der Waals surface area contributed by atoms with Crippen molar-refractivity contribution in [2.24, 2.45) is 0 Å². The minimum Gasteiger partial charge on any atom is -0.321 e. The van der Waals surface area contributed by atoms with Crippen LogP contribution in [-0.4, -0.2) is 29.4 Å². The maximum atomic E-state index is 13.4. The van der Waals surface area contributed by atoms with E-state index in [1.807, 2.05) is 6.07 Å². The van der Waals surface area contributed by atoms with E-state index in [2.05, 4.69) is 27.3 Å². The molecule has 0 aliphatic rings. The van der Waals surface area contributed by atoms with Gasteiger partial charge in [0.1, 0.15) is 16.8 Å². The number of halogens is 1. The SMILES string of the molecule is Cc1c(C(=O)Nc2ccccc2)sc(NC(=O)CSc2cccc(NC(=O)/C(=C\c3ccc(Cl)cc3)NC(=O)c3ccccc3)c2)c1C#N.